The van der Waals surface area contributed by atoms with Gasteiger partial charge in [-0.15, -0.1) is 0 Å². The van der Waals surface area contributed by atoms with Gasteiger partial charge in [0.05, 0.1) is 25.4 Å². The van der Waals surface area contributed by atoms with Gasteiger partial charge in [-0.05, 0) is 49.6 Å². The molecular formula is C22H28F3NO5. The first-order chi connectivity index (χ1) is 14.6. The Kier molecular flexibility index (Phi) is 8.50. The maximum absolute atomic E-state index is 13.6. The van der Waals surface area contributed by atoms with Gasteiger partial charge < -0.3 is 19.9 Å². The zero-order chi connectivity index (χ0) is 23.2. The number of carboxylic acid groups (broad SMARTS) is 1. The molecule has 6 nitrogen and oxygen atoms in total. The minimum atomic E-state index is -4.70. The van der Waals surface area contributed by atoms with Gasteiger partial charge in [0.1, 0.15) is 5.92 Å². The third-order valence-corrected chi connectivity index (χ3v) is 5.63. The molecular weight excluding hydrogens is 415 g/mol. The van der Waals surface area contributed by atoms with Crippen molar-refractivity contribution in [2.24, 2.45) is 17.8 Å². The van der Waals surface area contributed by atoms with Crippen molar-refractivity contribution < 1.29 is 37.3 Å². The minimum Gasteiger partial charge on any atom is -0.501 e. The Labute approximate surface area is 179 Å². The summed E-state index contributed by atoms with van der Waals surface area (Å²) >= 11 is 0. The highest BCUT2D eigenvalue weighted by Gasteiger charge is 2.60. The largest absolute Gasteiger partial charge is 0.501 e. The Morgan fingerprint density at radius 3 is 2.55 bits per heavy atom. The predicted octanol–water partition coefficient (Wildman–Crippen LogP) is 4.12. The summed E-state index contributed by atoms with van der Waals surface area (Å²) < 4.78 is 51.0. The van der Waals surface area contributed by atoms with Crippen LogP contribution in [0.3, 0.4) is 0 Å². The van der Waals surface area contributed by atoms with E-state index in [1.165, 1.54) is 19.4 Å². The van der Waals surface area contributed by atoms with Crippen molar-refractivity contribution in [3.63, 3.8) is 0 Å². The third kappa shape index (κ3) is 6.46. The number of aliphatic carboxylic acids is 1. The standard InChI is InChI=1S/C22H28F3NO5/c1-13-6-7-15(11-14(13)2)26-12-17-16(5-4-9-31-10-8-18(27)28)21(30-3)19(20(17)29)22(23,24)25/h4,6-7,9,11,16-17,19,21,26H,5,8,10,12H2,1-3H3,(H,27,28)/b9-4-/t16-,17-,19?,21?/m1/s1. The Morgan fingerprint density at radius 2 is 1.97 bits per heavy atom. The van der Waals surface area contributed by atoms with E-state index in [-0.39, 0.29) is 26.0 Å². The molecule has 1 aliphatic carbocycles. The molecule has 1 saturated carbocycles. The first-order valence-corrected chi connectivity index (χ1v) is 9.99. The molecule has 0 amide bonds. The molecule has 0 spiro atoms. The number of carbonyl (C=O) groups excluding carboxylic acids is 1. The summed E-state index contributed by atoms with van der Waals surface area (Å²) in [5, 5.41) is 11.7. The monoisotopic (exact) mass is 443 g/mol. The van der Waals surface area contributed by atoms with Crippen LogP contribution < -0.4 is 5.32 Å². The normalized spacial score (nSPS) is 24.0. The number of ether oxygens (including phenoxy) is 2. The number of alkyl halides is 3. The fraction of sp³-hybridized carbons (Fsp3) is 0.545. The van der Waals surface area contributed by atoms with Crippen molar-refractivity contribution in [3.05, 3.63) is 41.7 Å². The summed E-state index contributed by atoms with van der Waals surface area (Å²) in [7, 11) is 1.18. The zero-order valence-electron chi connectivity index (χ0n) is 17.7. The number of allylic oxidation sites excluding steroid dienone is 1. The third-order valence-electron chi connectivity index (χ3n) is 5.63. The number of Topliss-reactive ketones (excluding diaryl/α,β-unsaturated/α-hetero) is 1. The van der Waals surface area contributed by atoms with Crippen molar-refractivity contribution in [3.8, 4) is 0 Å². The lowest BCUT2D eigenvalue weighted by atomic mass is 9.90. The molecule has 0 heterocycles. The lowest BCUT2D eigenvalue weighted by Crippen LogP contribution is -2.37. The molecule has 2 unspecified atom stereocenters. The van der Waals surface area contributed by atoms with Crippen LogP contribution in [0.15, 0.2) is 30.5 Å². The molecule has 0 bridgehead atoms. The summed E-state index contributed by atoms with van der Waals surface area (Å²) in [5.41, 5.74) is 2.85. The predicted molar refractivity (Wildman–Crippen MR) is 109 cm³/mol. The van der Waals surface area contributed by atoms with Crippen molar-refractivity contribution in [1.29, 1.82) is 0 Å². The summed E-state index contributed by atoms with van der Waals surface area (Å²) in [4.78, 5) is 23.2. The van der Waals surface area contributed by atoms with Gasteiger partial charge in [0, 0.05) is 31.2 Å². The second-order valence-electron chi connectivity index (χ2n) is 7.69. The highest BCUT2D eigenvalue weighted by molar-refractivity contribution is 5.88. The molecule has 1 aromatic rings. The first-order valence-electron chi connectivity index (χ1n) is 9.99. The molecule has 172 valence electrons. The number of benzene rings is 1. The number of nitrogens with one attached hydrogen (secondary N) is 1. The van der Waals surface area contributed by atoms with Crippen molar-refractivity contribution >= 4 is 17.4 Å². The molecule has 2 rings (SSSR count). The van der Waals surface area contributed by atoms with Gasteiger partial charge in [0.15, 0.2) is 5.78 Å². The van der Waals surface area contributed by atoms with Gasteiger partial charge in [0.2, 0.25) is 0 Å². The highest BCUT2D eigenvalue weighted by Crippen LogP contribution is 2.45. The van der Waals surface area contributed by atoms with E-state index in [9.17, 15) is 22.8 Å². The molecule has 31 heavy (non-hydrogen) atoms. The SMILES string of the molecule is COC1C(C(F)(F)F)C(=O)[C@H](CNc2ccc(C)c(C)c2)[C@H]1C/C=C\OCCC(=O)O. The van der Waals surface area contributed by atoms with E-state index in [0.717, 1.165) is 16.8 Å². The van der Waals surface area contributed by atoms with E-state index in [1.807, 2.05) is 32.0 Å². The number of carboxylic acids is 1. The summed E-state index contributed by atoms with van der Waals surface area (Å²) in [6, 6.07) is 5.61. The second kappa shape index (κ2) is 10.7. The highest BCUT2D eigenvalue weighted by atomic mass is 19.4. The second-order valence-corrected chi connectivity index (χ2v) is 7.69. The van der Waals surface area contributed by atoms with Gasteiger partial charge in [-0.25, -0.2) is 0 Å². The molecule has 1 aromatic carbocycles. The lowest BCUT2D eigenvalue weighted by Gasteiger charge is -2.24. The van der Waals surface area contributed by atoms with Gasteiger partial charge >= 0.3 is 12.1 Å². The first kappa shape index (κ1) is 24.7. The number of hydrogen-bond donors (Lipinski definition) is 2. The van der Waals surface area contributed by atoms with E-state index in [4.69, 9.17) is 14.6 Å². The fourth-order valence-electron chi connectivity index (χ4n) is 3.86. The number of rotatable bonds is 10. The average Bonchev–Trinajstić information content (AvgIpc) is 2.96. The summed E-state index contributed by atoms with van der Waals surface area (Å²) in [6.07, 6.45) is -3.30. The number of anilines is 1. The molecule has 4 atom stereocenters. The number of methoxy groups -OCH3 is 1. The lowest BCUT2D eigenvalue weighted by molar-refractivity contribution is -0.199. The van der Waals surface area contributed by atoms with E-state index in [0.29, 0.717) is 0 Å². The number of hydrogen-bond acceptors (Lipinski definition) is 5. The maximum Gasteiger partial charge on any atom is 0.401 e. The quantitative estimate of drug-likeness (QED) is 0.418. The van der Waals surface area contributed by atoms with Gasteiger partial charge in [-0.1, -0.05) is 6.07 Å². The van der Waals surface area contributed by atoms with Crippen LogP contribution in [0.1, 0.15) is 24.0 Å². The minimum absolute atomic E-state index is 0.0478. The molecule has 2 N–H and O–H groups in total. The van der Waals surface area contributed by atoms with Crippen LogP contribution in [0, 0.1) is 31.6 Å². The fourth-order valence-corrected chi connectivity index (χ4v) is 3.86. The Morgan fingerprint density at radius 1 is 1.26 bits per heavy atom. The van der Waals surface area contributed by atoms with Gasteiger partial charge in [-0.3, -0.25) is 9.59 Å². The van der Waals surface area contributed by atoms with Crippen LogP contribution in [0.2, 0.25) is 0 Å². The zero-order valence-corrected chi connectivity index (χ0v) is 17.7. The summed E-state index contributed by atoms with van der Waals surface area (Å²) in [6.45, 7) is 3.88. The van der Waals surface area contributed by atoms with Crippen LogP contribution in [-0.2, 0) is 19.1 Å². The van der Waals surface area contributed by atoms with Crippen LogP contribution in [-0.4, -0.2) is 49.4 Å². The number of carbonyl (C=O) groups is 2. The van der Waals surface area contributed by atoms with E-state index < -0.39 is 41.8 Å². The molecule has 0 aliphatic heterocycles. The van der Waals surface area contributed by atoms with Gasteiger partial charge in [0.25, 0.3) is 0 Å². The Bertz CT molecular complexity index is 809. The number of halogens is 3. The van der Waals surface area contributed by atoms with Gasteiger partial charge in [-0.2, -0.15) is 13.2 Å². The smallest absolute Gasteiger partial charge is 0.401 e. The number of ketones is 1. The van der Waals surface area contributed by atoms with Crippen LogP contribution in [0.4, 0.5) is 18.9 Å². The number of aryl methyl sites for hydroxylation is 2. The summed E-state index contributed by atoms with van der Waals surface area (Å²) in [5.74, 6) is -5.69. The Balaban J connectivity index is 2.15. The van der Waals surface area contributed by atoms with Crippen LogP contribution >= 0.6 is 0 Å². The molecule has 1 fully saturated rings. The van der Waals surface area contributed by atoms with Crippen molar-refractivity contribution in [2.45, 2.75) is 39.0 Å². The van der Waals surface area contributed by atoms with E-state index >= 15 is 0 Å². The van der Waals surface area contributed by atoms with E-state index in [2.05, 4.69) is 5.32 Å². The molecule has 0 aromatic heterocycles. The van der Waals surface area contributed by atoms with Crippen molar-refractivity contribution in [1.82, 2.24) is 0 Å². The van der Waals surface area contributed by atoms with Crippen LogP contribution in [0.25, 0.3) is 0 Å². The molecule has 0 saturated heterocycles. The molecule has 1 aliphatic rings. The maximum atomic E-state index is 13.6. The molecule has 9 heteroatoms. The topological polar surface area (TPSA) is 84.9 Å². The molecule has 0 radical (unpaired) electrons. The van der Waals surface area contributed by atoms with E-state index in [1.54, 1.807) is 0 Å². The van der Waals surface area contributed by atoms with Crippen LogP contribution in [0.5, 0.6) is 0 Å². The Hall–Kier alpha value is -2.55. The van der Waals surface area contributed by atoms with Crippen molar-refractivity contribution in [2.75, 3.05) is 25.6 Å². The average molecular weight is 443 g/mol.